The van der Waals surface area contributed by atoms with Crippen LogP contribution in [-0.2, 0) is 23.3 Å². The van der Waals surface area contributed by atoms with Crippen LogP contribution in [-0.4, -0.2) is 5.43 Å². The zero-order valence-corrected chi connectivity index (χ0v) is 18.2. The Morgan fingerprint density at radius 2 is 1.15 bits per heavy atom. The SMILES string of the molecule is CC1=[C-]C(C)C=C1.CC1=[C-]C(C)C=C1.C[Si](C)=[Zr+2].[Cl-].[Cl-]. The first kappa shape index (κ1) is 25.6. The smallest absolute Gasteiger partial charge is 1.00 e. The molecule has 0 aromatic carbocycles. The van der Waals surface area contributed by atoms with Gasteiger partial charge < -0.3 is 24.8 Å². The van der Waals surface area contributed by atoms with Crippen molar-refractivity contribution < 1.29 is 48.1 Å². The van der Waals surface area contributed by atoms with Crippen LogP contribution < -0.4 is 24.8 Å². The van der Waals surface area contributed by atoms with Gasteiger partial charge in [-0.25, -0.2) is 23.3 Å². The second-order valence-corrected chi connectivity index (χ2v) is 14.3. The Hall–Kier alpha value is 0.640. The molecule has 0 N–H and O–H groups in total. The topological polar surface area (TPSA) is 0 Å². The molecule has 20 heavy (non-hydrogen) atoms. The van der Waals surface area contributed by atoms with Crippen molar-refractivity contribution in [1.29, 1.82) is 0 Å². The summed E-state index contributed by atoms with van der Waals surface area (Å²) in [5.41, 5.74) is 2.75. The minimum Gasteiger partial charge on any atom is -1.00 e. The molecule has 2 aliphatic rings. The Kier molecular flexibility index (Phi) is 18.6. The van der Waals surface area contributed by atoms with Crippen LogP contribution in [0.4, 0.5) is 0 Å². The predicted octanol–water partition coefficient (Wildman–Crippen LogP) is -1.32. The normalized spacial score (nSPS) is 21.2. The zero-order chi connectivity index (χ0) is 14.1. The molecule has 0 heterocycles. The first-order valence-electron chi connectivity index (χ1n) is 6.39. The van der Waals surface area contributed by atoms with Crippen LogP contribution >= 0.6 is 0 Å². The van der Waals surface area contributed by atoms with Crippen LogP contribution in [0.15, 0.2) is 35.5 Å². The zero-order valence-electron chi connectivity index (χ0n) is 13.2. The van der Waals surface area contributed by atoms with Crippen molar-refractivity contribution in [2.45, 2.75) is 40.8 Å². The average molecular weight is 407 g/mol. The van der Waals surface area contributed by atoms with Gasteiger partial charge in [-0.3, -0.25) is 12.2 Å². The summed E-state index contributed by atoms with van der Waals surface area (Å²) < 4.78 is 0. The molecule has 0 aromatic heterocycles. The molecule has 4 heteroatoms. The molecule has 0 radical (unpaired) electrons. The van der Waals surface area contributed by atoms with E-state index in [2.05, 4.69) is 77.2 Å². The first-order valence-corrected chi connectivity index (χ1v) is 12.6. The molecule has 0 aliphatic heterocycles. The molecule has 0 nitrogen and oxygen atoms in total. The summed E-state index contributed by atoms with van der Waals surface area (Å²) >= 11 is 1.74. The summed E-state index contributed by atoms with van der Waals surface area (Å²) in [5.74, 6) is 1.11. The average Bonchev–Trinajstić information content (AvgIpc) is 2.76. The molecule has 2 rings (SSSR count). The quantitative estimate of drug-likeness (QED) is 0.346. The maximum Gasteiger partial charge on any atom is -1.00 e. The van der Waals surface area contributed by atoms with Gasteiger partial charge in [0.15, 0.2) is 0 Å². The fourth-order valence-corrected chi connectivity index (χ4v) is 1.49. The third-order valence-electron chi connectivity index (χ3n) is 2.18. The van der Waals surface area contributed by atoms with Gasteiger partial charge in [-0.2, -0.15) is 12.2 Å². The van der Waals surface area contributed by atoms with Crippen molar-refractivity contribution in [3.8, 4) is 0 Å². The molecule has 0 aromatic rings. The minimum absolute atomic E-state index is 0. The van der Waals surface area contributed by atoms with Gasteiger partial charge in [0.05, 0.1) is 0 Å². The van der Waals surface area contributed by atoms with E-state index in [4.69, 9.17) is 0 Å². The van der Waals surface area contributed by atoms with Gasteiger partial charge in [-0.05, 0) is 0 Å². The van der Waals surface area contributed by atoms with Gasteiger partial charge in [0.25, 0.3) is 0 Å². The fourth-order valence-electron chi connectivity index (χ4n) is 1.49. The van der Waals surface area contributed by atoms with Crippen LogP contribution in [0.3, 0.4) is 0 Å². The van der Waals surface area contributed by atoms with Crippen LogP contribution in [0, 0.1) is 24.0 Å². The molecule has 112 valence electrons. The van der Waals surface area contributed by atoms with E-state index in [0.29, 0.717) is 11.8 Å². The van der Waals surface area contributed by atoms with Gasteiger partial charge in [-0.15, -0.1) is 0 Å². The number of rotatable bonds is 0. The molecule has 0 fully saturated rings. The molecule has 0 amide bonds. The second kappa shape index (κ2) is 14.6. The molecule has 2 atom stereocenters. The Morgan fingerprint density at radius 1 is 0.900 bits per heavy atom. The minimum atomic E-state index is 0. The van der Waals surface area contributed by atoms with Crippen molar-refractivity contribution in [3.05, 3.63) is 47.6 Å². The third kappa shape index (κ3) is 16.7. The monoisotopic (exact) mass is 404 g/mol. The second-order valence-electron chi connectivity index (χ2n) is 4.95. The van der Waals surface area contributed by atoms with E-state index in [1.165, 1.54) is 11.1 Å². The Bertz CT molecular complexity index is 359. The van der Waals surface area contributed by atoms with Gasteiger partial charge in [-0.1, -0.05) is 39.5 Å². The number of halogens is 2. The predicted molar refractivity (Wildman–Crippen MR) is 79.0 cm³/mol. The van der Waals surface area contributed by atoms with Crippen molar-refractivity contribution in [1.82, 2.24) is 0 Å². The van der Waals surface area contributed by atoms with Gasteiger partial charge in [0, 0.05) is 0 Å². The maximum absolute atomic E-state index is 3.22. The standard InChI is InChI=1S/2C7H9.C2H6Si.2ClH.Zr/c2*1-6-3-4-7(2)5-6;1-3-2;;;/h2*3-4,6H,1-2H3;1-2H3;2*1H;/q2*-1;;;;+2/p-2. The largest absolute Gasteiger partial charge is 1.00 e. The van der Waals surface area contributed by atoms with E-state index in [1.807, 2.05) is 0 Å². The van der Waals surface area contributed by atoms with E-state index < -0.39 is 0 Å². The van der Waals surface area contributed by atoms with E-state index >= 15 is 0 Å². The Labute approximate surface area is 153 Å². The van der Waals surface area contributed by atoms with Crippen molar-refractivity contribution >= 4 is 5.43 Å². The summed E-state index contributed by atoms with van der Waals surface area (Å²) in [5, 5.41) is 0. The summed E-state index contributed by atoms with van der Waals surface area (Å²) in [6, 6.07) is 0. The molecule has 0 bridgehead atoms. The molecular formula is C16H24Cl2SiZr-2. The van der Waals surface area contributed by atoms with E-state index in [0.717, 1.165) is 0 Å². The maximum atomic E-state index is 3.22. The molecule has 0 saturated carbocycles. The Balaban J connectivity index is -0.000000215. The van der Waals surface area contributed by atoms with Crippen LogP contribution in [0.2, 0.25) is 13.1 Å². The summed E-state index contributed by atoms with van der Waals surface area (Å²) in [6.07, 6.45) is 14.9. The van der Waals surface area contributed by atoms with E-state index in [-0.39, 0.29) is 30.2 Å². The molecule has 2 aliphatic carbocycles. The van der Waals surface area contributed by atoms with Crippen LogP contribution in [0.1, 0.15) is 27.7 Å². The van der Waals surface area contributed by atoms with Crippen LogP contribution in [0.5, 0.6) is 0 Å². The number of hydrogen-bond acceptors (Lipinski definition) is 0. The van der Waals surface area contributed by atoms with Gasteiger partial charge >= 0.3 is 41.9 Å². The summed E-state index contributed by atoms with van der Waals surface area (Å²) in [6.45, 7) is 13.0. The summed E-state index contributed by atoms with van der Waals surface area (Å²) in [4.78, 5) is 0. The summed E-state index contributed by atoms with van der Waals surface area (Å²) in [7, 11) is 0. The third-order valence-corrected chi connectivity index (χ3v) is 2.18. The van der Waals surface area contributed by atoms with Gasteiger partial charge in [0.1, 0.15) is 0 Å². The number of allylic oxidation sites excluding steroid dienone is 8. The van der Waals surface area contributed by atoms with Crippen LogP contribution in [0.25, 0.3) is 0 Å². The first-order chi connectivity index (χ1) is 8.31. The van der Waals surface area contributed by atoms with E-state index in [1.54, 1.807) is 23.3 Å². The van der Waals surface area contributed by atoms with Crippen molar-refractivity contribution in [2.75, 3.05) is 0 Å². The molecule has 0 spiro atoms. The van der Waals surface area contributed by atoms with Crippen molar-refractivity contribution in [3.63, 3.8) is 0 Å². The molecule has 2 unspecified atom stereocenters. The van der Waals surface area contributed by atoms with E-state index in [9.17, 15) is 0 Å². The van der Waals surface area contributed by atoms with Crippen molar-refractivity contribution in [2.24, 2.45) is 11.8 Å². The fraction of sp³-hybridized carbons (Fsp3) is 0.500. The Morgan fingerprint density at radius 3 is 1.20 bits per heavy atom. The molecular weight excluding hydrogens is 382 g/mol. The van der Waals surface area contributed by atoms with Gasteiger partial charge in [0.2, 0.25) is 0 Å². The number of hydrogen-bond donors (Lipinski definition) is 0. The molecule has 0 saturated heterocycles.